The van der Waals surface area contributed by atoms with E-state index < -0.39 is 0 Å². The van der Waals surface area contributed by atoms with Crippen LogP contribution in [0.5, 0.6) is 0 Å². The monoisotopic (exact) mass is 362 g/mol. The largest absolute Gasteiger partial charge is 0.356 e. The van der Waals surface area contributed by atoms with Gasteiger partial charge in [-0.05, 0) is 75.9 Å². The number of nitrogens with one attached hydrogen (secondary N) is 2. The SMILES string of the molecule is CN=C(NCCC1CCN(C)CC1)NCC1(c2cccc(Cl)c2)CC1. The van der Waals surface area contributed by atoms with Crippen molar-refractivity contribution in [2.75, 3.05) is 40.3 Å². The van der Waals surface area contributed by atoms with E-state index in [0.717, 1.165) is 30.0 Å². The molecule has 0 spiro atoms. The molecule has 1 aliphatic carbocycles. The highest BCUT2D eigenvalue weighted by molar-refractivity contribution is 6.30. The molecule has 0 unspecified atom stereocenters. The molecule has 1 aromatic rings. The first kappa shape index (κ1) is 18.5. The smallest absolute Gasteiger partial charge is 0.191 e. The number of halogens is 1. The maximum absolute atomic E-state index is 6.16. The van der Waals surface area contributed by atoms with Gasteiger partial charge in [0.2, 0.25) is 0 Å². The van der Waals surface area contributed by atoms with Crippen LogP contribution >= 0.6 is 11.6 Å². The molecule has 2 N–H and O–H groups in total. The number of hydrogen-bond donors (Lipinski definition) is 2. The zero-order valence-corrected chi connectivity index (χ0v) is 16.3. The highest BCUT2D eigenvalue weighted by Crippen LogP contribution is 2.48. The van der Waals surface area contributed by atoms with Gasteiger partial charge in [0.1, 0.15) is 0 Å². The second-order valence-electron chi connectivity index (χ2n) is 7.68. The zero-order chi connectivity index (χ0) is 17.7. The fourth-order valence-electron chi connectivity index (χ4n) is 3.76. The topological polar surface area (TPSA) is 39.7 Å². The fraction of sp³-hybridized carbons (Fsp3) is 0.650. The van der Waals surface area contributed by atoms with Gasteiger partial charge in [-0.1, -0.05) is 23.7 Å². The Hall–Kier alpha value is -1.26. The van der Waals surface area contributed by atoms with Crippen LogP contribution in [-0.2, 0) is 5.41 Å². The van der Waals surface area contributed by atoms with Crippen molar-refractivity contribution < 1.29 is 0 Å². The van der Waals surface area contributed by atoms with Crippen molar-refractivity contribution in [2.45, 2.75) is 37.5 Å². The summed E-state index contributed by atoms with van der Waals surface area (Å²) in [5.74, 6) is 1.77. The van der Waals surface area contributed by atoms with Crippen molar-refractivity contribution >= 4 is 17.6 Å². The van der Waals surface area contributed by atoms with Gasteiger partial charge in [0.15, 0.2) is 5.96 Å². The Labute approximate surface area is 157 Å². The Bertz CT molecular complexity index is 589. The standard InChI is InChI=1S/C20H31ClN4/c1-22-19(23-11-6-16-7-12-25(2)13-8-16)24-15-20(9-10-20)17-4-3-5-18(21)14-17/h3-5,14,16H,6-13,15H2,1-2H3,(H2,22,23,24). The van der Waals surface area contributed by atoms with Crippen LogP contribution in [0.3, 0.4) is 0 Å². The van der Waals surface area contributed by atoms with Crippen molar-refractivity contribution in [3.05, 3.63) is 34.9 Å². The Kier molecular flexibility index (Phi) is 6.24. The summed E-state index contributed by atoms with van der Waals surface area (Å²) >= 11 is 6.16. The normalized spacial score (nSPS) is 21.2. The Morgan fingerprint density at radius 3 is 2.68 bits per heavy atom. The third-order valence-electron chi connectivity index (χ3n) is 5.79. The molecule has 1 saturated carbocycles. The molecule has 0 bridgehead atoms. The lowest BCUT2D eigenvalue weighted by Gasteiger charge is -2.29. The molecule has 1 heterocycles. The molecular weight excluding hydrogens is 332 g/mol. The van der Waals surface area contributed by atoms with Crippen LogP contribution in [-0.4, -0.2) is 51.1 Å². The lowest BCUT2D eigenvalue weighted by atomic mass is 9.94. The van der Waals surface area contributed by atoms with Crippen LogP contribution in [0.2, 0.25) is 5.02 Å². The van der Waals surface area contributed by atoms with E-state index in [1.165, 1.54) is 50.8 Å². The predicted octanol–water partition coefficient (Wildman–Crippen LogP) is 3.27. The summed E-state index contributed by atoms with van der Waals surface area (Å²) in [6, 6.07) is 8.29. The zero-order valence-electron chi connectivity index (χ0n) is 15.5. The van der Waals surface area contributed by atoms with Crippen molar-refractivity contribution in [1.29, 1.82) is 0 Å². The Morgan fingerprint density at radius 1 is 1.28 bits per heavy atom. The van der Waals surface area contributed by atoms with Gasteiger partial charge in [-0.2, -0.15) is 0 Å². The first-order chi connectivity index (χ1) is 12.1. The second-order valence-corrected chi connectivity index (χ2v) is 8.11. The first-order valence-corrected chi connectivity index (χ1v) is 9.88. The average molecular weight is 363 g/mol. The van der Waals surface area contributed by atoms with Crippen LogP contribution in [0, 0.1) is 5.92 Å². The quantitative estimate of drug-likeness (QED) is 0.602. The first-order valence-electron chi connectivity index (χ1n) is 9.50. The summed E-state index contributed by atoms with van der Waals surface area (Å²) in [7, 11) is 4.07. The minimum atomic E-state index is 0.233. The van der Waals surface area contributed by atoms with E-state index in [2.05, 4.69) is 39.7 Å². The van der Waals surface area contributed by atoms with Crippen LogP contribution in [0.25, 0.3) is 0 Å². The van der Waals surface area contributed by atoms with Crippen LogP contribution in [0.1, 0.15) is 37.7 Å². The van der Waals surface area contributed by atoms with E-state index in [0.29, 0.717) is 0 Å². The number of benzene rings is 1. The summed E-state index contributed by atoms with van der Waals surface area (Å²) in [4.78, 5) is 6.81. The molecule has 0 atom stereocenters. The average Bonchev–Trinajstić information content (AvgIpc) is 3.41. The van der Waals surface area contributed by atoms with Gasteiger partial charge in [0.25, 0.3) is 0 Å². The number of aliphatic imine (C=N–C) groups is 1. The van der Waals surface area contributed by atoms with E-state index in [1.54, 1.807) is 0 Å². The molecule has 4 nitrogen and oxygen atoms in total. The molecule has 1 saturated heterocycles. The van der Waals surface area contributed by atoms with Crippen molar-refractivity contribution in [3.63, 3.8) is 0 Å². The van der Waals surface area contributed by atoms with E-state index in [4.69, 9.17) is 11.6 Å². The third-order valence-corrected chi connectivity index (χ3v) is 6.03. The lowest BCUT2D eigenvalue weighted by molar-refractivity contribution is 0.213. The minimum absolute atomic E-state index is 0.233. The molecule has 0 amide bonds. The van der Waals surface area contributed by atoms with Crippen LogP contribution < -0.4 is 10.6 Å². The maximum atomic E-state index is 6.16. The van der Waals surface area contributed by atoms with Crippen molar-refractivity contribution in [2.24, 2.45) is 10.9 Å². The molecule has 1 aromatic carbocycles. The third kappa shape index (κ3) is 5.11. The molecule has 25 heavy (non-hydrogen) atoms. The highest BCUT2D eigenvalue weighted by Gasteiger charge is 2.44. The van der Waals surface area contributed by atoms with E-state index >= 15 is 0 Å². The summed E-state index contributed by atoms with van der Waals surface area (Å²) < 4.78 is 0. The van der Waals surface area contributed by atoms with Gasteiger partial charge in [-0.3, -0.25) is 4.99 Å². The Morgan fingerprint density at radius 2 is 2.04 bits per heavy atom. The number of hydrogen-bond acceptors (Lipinski definition) is 2. The van der Waals surface area contributed by atoms with E-state index in [-0.39, 0.29) is 5.41 Å². The van der Waals surface area contributed by atoms with E-state index in [1.807, 2.05) is 19.2 Å². The summed E-state index contributed by atoms with van der Waals surface area (Å²) in [5, 5.41) is 7.84. The molecule has 2 fully saturated rings. The molecule has 1 aliphatic heterocycles. The van der Waals surface area contributed by atoms with Crippen molar-refractivity contribution in [3.8, 4) is 0 Å². The number of likely N-dealkylation sites (tertiary alicyclic amines) is 1. The number of rotatable bonds is 6. The molecule has 5 heteroatoms. The lowest BCUT2D eigenvalue weighted by Crippen LogP contribution is -2.42. The van der Waals surface area contributed by atoms with E-state index in [9.17, 15) is 0 Å². The van der Waals surface area contributed by atoms with Crippen molar-refractivity contribution in [1.82, 2.24) is 15.5 Å². The van der Waals surface area contributed by atoms with Gasteiger partial charge >= 0.3 is 0 Å². The van der Waals surface area contributed by atoms with Gasteiger partial charge < -0.3 is 15.5 Å². The second kappa shape index (κ2) is 8.41. The molecular formula is C20H31ClN4. The molecule has 3 rings (SSSR count). The van der Waals surface area contributed by atoms with Crippen LogP contribution in [0.4, 0.5) is 0 Å². The van der Waals surface area contributed by atoms with Gasteiger partial charge in [-0.25, -0.2) is 0 Å². The summed E-state index contributed by atoms with van der Waals surface area (Å²) in [6.07, 6.45) is 6.30. The predicted molar refractivity (Wildman–Crippen MR) is 107 cm³/mol. The van der Waals surface area contributed by atoms with Gasteiger partial charge in [0.05, 0.1) is 0 Å². The molecule has 0 radical (unpaired) electrons. The summed E-state index contributed by atoms with van der Waals surface area (Å²) in [5.41, 5.74) is 1.57. The fourth-order valence-corrected chi connectivity index (χ4v) is 3.95. The van der Waals surface area contributed by atoms with Gasteiger partial charge in [0, 0.05) is 30.6 Å². The molecule has 0 aromatic heterocycles. The molecule has 138 valence electrons. The van der Waals surface area contributed by atoms with Crippen LogP contribution in [0.15, 0.2) is 29.3 Å². The highest BCUT2D eigenvalue weighted by atomic mass is 35.5. The Balaban J connectivity index is 1.42. The number of nitrogens with zero attached hydrogens (tertiary/aromatic N) is 2. The summed E-state index contributed by atoms with van der Waals surface area (Å²) in [6.45, 7) is 4.39. The molecule has 2 aliphatic rings. The minimum Gasteiger partial charge on any atom is -0.356 e. The maximum Gasteiger partial charge on any atom is 0.191 e. The van der Waals surface area contributed by atoms with Gasteiger partial charge in [-0.15, -0.1) is 0 Å². The number of piperidine rings is 1. The number of guanidine groups is 1.